The Labute approximate surface area is 170 Å². The molecule has 1 heterocycles. The van der Waals surface area contributed by atoms with E-state index in [-0.39, 0.29) is 5.91 Å². The van der Waals surface area contributed by atoms with Crippen LogP contribution in [0, 0.1) is 12.3 Å². The van der Waals surface area contributed by atoms with Crippen molar-refractivity contribution in [2.24, 2.45) is 5.41 Å². The van der Waals surface area contributed by atoms with Crippen LogP contribution in [0.15, 0.2) is 36.5 Å². The Balaban J connectivity index is 2.19. The summed E-state index contributed by atoms with van der Waals surface area (Å²) < 4.78 is 5.41. The highest BCUT2D eigenvalue weighted by Gasteiger charge is 2.39. The van der Waals surface area contributed by atoms with Crippen molar-refractivity contribution in [1.29, 1.82) is 0 Å². The van der Waals surface area contributed by atoms with E-state index in [0.29, 0.717) is 6.54 Å². The van der Waals surface area contributed by atoms with Gasteiger partial charge in [0.25, 0.3) is 0 Å². The molecule has 2 N–H and O–H groups in total. The minimum atomic E-state index is -0.912. The van der Waals surface area contributed by atoms with E-state index in [0.717, 1.165) is 15.4 Å². The molecule has 0 bridgehead atoms. The lowest BCUT2D eigenvalue weighted by Crippen LogP contribution is -2.48. The first-order chi connectivity index (χ1) is 13.0. The minimum Gasteiger partial charge on any atom is -0.444 e. The van der Waals surface area contributed by atoms with Crippen LogP contribution >= 0.6 is 11.3 Å². The summed E-state index contributed by atoms with van der Waals surface area (Å²) in [5, 5.41) is 6.66. The second-order valence-corrected chi connectivity index (χ2v) is 9.58. The molecule has 0 aliphatic heterocycles. The predicted octanol–water partition coefficient (Wildman–Crippen LogP) is 4.36. The summed E-state index contributed by atoms with van der Waals surface area (Å²) in [4.78, 5) is 30.8. The molecule has 0 spiro atoms. The Kier molecular flexibility index (Phi) is 6.82. The van der Waals surface area contributed by atoms with Crippen molar-refractivity contribution in [3.63, 3.8) is 0 Å². The highest BCUT2D eigenvalue weighted by atomic mass is 32.1. The van der Waals surface area contributed by atoms with Crippen LogP contribution in [0.4, 0.5) is 4.79 Å². The molecular formula is C21H29N3O3S. The van der Waals surface area contributed by atoms with Crippen molar-refractivity contribution in [1.82, 2.24) is 15.6 Å². The van der Waals surface area contributed by atoms with Crippen molar-refractivity contribution in [2.75, 3.05) is 0 Å². The Morgan fingerprint density at radius 3 is 2.32 bits per heavy atom. The number of hydrogen-bond acceptors (Lipinski definition) is 5. The van der Waals surface area contributed by atoms with Gasteiger partial charge in [-0.25, -0.2) is 9.78 Å². The predicted molar refractivity (Wildman–Crippen MR) is 111 cm³/mol. The van der Waals surface area contributed by atoms with Crippen molar-refractivity contribution >= 4 is 23.3 Å². The van der Waals surface area contributed by atoms with Gasteiger partial charge in [0.2, 0.25) is 5.91 Å². The molecule has 152 valence electrons. The maximum atomic E-state index is 13.0. The van der Waals surface area contributed by atoms with Crippen molar-refractivity contribution in [3.8, 4) is 0 Å². The first kappa shape index (κ1) is 21.9. The third-order valence-electron chi connectivity index (χ3n) is 4.17. The van der Waals surface area contributed by atoms with Gasteiger partial charge in [0, 0.05) is 11.1 Å². The number of carbonyl (C=O) groups is 2. The zero-order valence-electron chi connectivity index (χ0n) is 17.3. The molecule has 0 saturated carbocycles. The SMILES string of the molecule is Cc1cnc(CNC(=O)C(C)(C)[C@@H](NC(=O)OC(C)(C)C)c2ccccc2)s1. The van der Waals surface area contributed by atoms with E-state index < -0.39 is 23.2 Å². The van der Waals surface area contributed by atoms with Gasteiger partial charge in [0.1, 0.15) is 10.6 Å². The van der Waals surface area contributed by atoms with E-state index in [1.165, 1.54) is 0 Å². The molecule has 1 aromatic heterocycles. The molecule has 0 radical (unpaired) electrons. The molecule has 2 amide bonds. The largest absolute Gasteiger partial charge is 0.444 e. The van der Waals surface area contributed by atoms with Gasteiger partial charge in [0.15, 0.2) is 0 Å². The number of benzene rings is 1. The fraction of sp³-hybridized carbons (Fsp3) is 0.476. The number of nitrogens with zero attached hydrogens (tertiary/aromatic N) is 1. The number of aromatic nitrogens is 1. The van der Waals surface area contributed by atoms with E-state index in [4.69, 9.17) is 4.74 Å². The molecule has 6 nitrogen and oxygen atoms in total. The number of alkyl carbamates (subject to hydrolysis) is 1. The molecule has 0 saturated heterocycles. The van der Waals surface area contributed by atoms with Gasteiger partial charge in [-0.3, -0.25) is 4.79 Å². The van der Waals surface area contributed by atoms with Gasteiger partial charge >= 0.3 is 6.09 Å². The van der Waals surface area contributed by atoms with Crippen molar-refractivity contribution < 1.29 is 14.3 Å². The maximum Gasteiger partial charge on any atom is 0.408 e. The highest BCUT2D eigenvalue weighted by molar-refractivity contribution is 7.11. The fourth-order valence-electron chi connectivity index (χ4n) is 2.75. The van der Waals surface area contributed by atoms with E-state index >= 15 is 0 Å². The maximum absolute atomic E-state index is 13.0. The zero-order valence-corrected chi connectivity index (χ0v) is 18.1. The van der Waals surface area contributed by atoms with E-state index in [1.807, 2.05) is 51.1 Å². The van der Waals surface area contributed by atoms with Crippen LogP contribution in [0.3, 0.4) is 0 Å². The Morgan fingerprint density at radius 1 is 1.14 bits per heavy atom. The molecule has 0 aliphatic carbocycles. The standard InChI is InChI=1S/C21H29N3O3S/c1-14-12-22-16(28-14)13-23-18(25)21(5,6)17(15-10-8-7-9-11-15)24-19(26)27-20(2,3)4/h7-12,17H,13H2,1-6H3,(H,23,25)(H,24,26)/t17-/m0/s1. The summed E-state index contributed by atoms with van der Waals surface area (Å²) in [5.41, 5.74) is -0.705. The second-order valence-electron chi connectivity index (χ2n) is 8.26. The normalized spacial score (nSPS) is 12.9. The molecule has 0 unspecified atom stereocenters. The van der Waals surface area contributed by atoms with Gasteiger partial charge < -0.3 is 15.4 Å². The minimum absolute atomic E-state index is 0.176. The summed E-state index contributed by atoms with van der Waals surface area (Å²) in [7, 11) is 0. The summed E-state index contributed by atoms with van der Waals surface area (Å²) in [6.45, 7) is 11.4. The summed E-state index contributed by atoms with van der Waals surface area (Å²) in [6.07, 6.45) is 1.23. The van der Waals surface area contributed by atoms with Crippen molar-refractivity contribution in [3.05, 3.63) is 52.0 Å². The topological polar surface area (TPSA) is 80.3 Å². The first-order valence-electron chi connectivity index (χ1n) is 9.23. The second kappa shape index (κ2) is 8.73. The lowest BCUT2D eigenvalue weighted by Gasteiger charge is -2.34. The Bertz CT molecular complexity index is 810. The number of aryl methyl sites for hydroxylation is 1. The molecule has 0 fully saturated rings. The van der Waals surface area contributed by atoms with Crippen LogP contribution in [0.5, 0.6) is 0 Å². The monoisotopic (exact) mass is 403 g/mol. The summed E-state index contributed by atoms with van der Waals surface area (Å²) in [6, 6.07) is 8.88. The van der Waals surface area contributed by atoms with Crippen LogP contribution in [0.1, 0.15) is 56.1 Å². The van der Waals surface area contributed by atoms with Crippen LogP contribution in [0.25, 0.3) is 0 Å². The molecule has 2 aromatic rings. The summed E-state index contributed by atoms with van der Waals surface area (Å²) in [5.74, 6) is -0.176. The molecule has 7 heteroatoms. The van der Waals surface area contributed by atoms with E-state index in [1.54, 1.807) is 38.3 Å². The number of carbonyl (C=O) groups excluding carboxylic acids is 2. The molecule has 1 aromatic carbocycles. The number of amides is 2. The molecule has 0 aliphatic rings. The number of ether oxygens (including phenoxy) is 1. The van der Waals surface area contributed by atoms with E-state index in [9.17, 15) is 9.59 Å². The quantitative estimate of drug-likeness (QED) is 0.751. The number of rotatable bonds is 6. The van der Waals surface area contributed by atoms with E-state index in [2.05, 4.69) is 15.6 Å². The van der Waals surface area contributed by atoms with Gasteiger partial charge in [-0.15, -0.1) is 11.3 Å². The molecular weight excluding hydrogens is 374 g/mol. The smallest absolute Gasteiger partial charge is 0.408 e. The third-order valence-corrected chi connectivity index (χ3v) is 5.08. The van der Waals surface area contributed by atoms with Gasteiger partial charge in [-0.2, -0.15) is 0 Å². The Morgan fingerprint density at radius 2 is 1.79 bits per heavy atom. The van der Waals surface area contributed by atoms with Crippen LogP contribution in [-0.4, -0.2) is 22.6 Å². The van der Waals surface area contributed by atoms with Crippen LogP contribution < -0.4 is 10.6 Å². The molecule has 28 heavy (non-hydrogen) atoms. The molecule has 2 rings (SSSR count). The average molecular weight is 404 g/mol. The number of hydrogen-bond donors (Lipinski definition) is 2. The summed E-state index contributed by atoms with van der Waals surface area (Å²) >= 11 is 1.55. The first-order valence-corrected chi connectivity index (χ1v) is 10.0. The fourth-order valence-corrected chi connectivity index (χ4v) is 3.48. The lowest BCUT2D eigenvalue weighted by molar-refractivity contribution is -0.131. The van der Waals surface area contributed by atoms with Gasteiger partial charge in [-0.1, -0.05) is 30.3 Å². The molecule has 1 atom stereocenters. The van der Waals surface area contributed by atoms with Crippen LogP contribution in [0.2, 0.25) is 0 Å². The lowest BCUT2D eigenvalue weighted by atomic mass is 9.79. The van der Waals surface area contributed by atoms with Crippen LogP contribution in [-0.2, 0) is 16.1 Å². The zero-order chi connectivity index (χ0) is 20.9. The number of nitrogens with one attached hydrogen (secondary N) is 2. The Hall–Kier alpha value is -2.41. The van der Waals surface area contributed by atoms with Gasteiger partial charge in [-0.05, 0) is 47.1 Å². The number of thiazole rings is 1. The van der Waals surface area contributed by atoms with Gasteiger partial charge in [0.05, 0.1) is 18.0 Å². The van der Waals surface area contributed by atoms with Crippen molar-refractivity contribution in [2.45, 2.75) is 59.7 Å². The highest BCUT2D eigenvalue weighted by Crippen LogP contribution is 2.34. The third kappa shape index (κ3) is 6.05. The average Bonchev–Trinajstić information content (AvgIpc) is 3.02.